The fourth-order valence-electron chi connectivity index (χ4n) is 3.64. The lowest BCUT2D eigenvalue weighted by atomic mass is 9.74. The van der Waals surface area contributed by atoms with Crippen molar-refractivity contribution in [3.05, 3.63) is 58.7 Å². The molecule has 0 spiro atoms. The molecule has 0 unspecified atom stereocenters. The topological polar surface area (TPSA) is 0 Å². The molecule has 0 bridgehead atoms. The van der Waals surface area contributed by atoms with E-state index in [1.807, 2.05) is 0 Å². The largest absolute Gasteiger partial charge is 0.0646 e. The van der Waals surface area contributed by atoms with Gasteiger partial charge < -0.3 is 0 Å². The Hall–Kier alpha value is -1.56. The van der Waals surface area contributed by atoms with Crippen LogP contribution in [-0.4, -0.2) is 0 Å². The zero-order valence-corrected chi connectivity index (χ0v) is 21.9. The Morgan fingerprint density at radius 1 is 0.433 bits per heavy atom. The second kappa shape index (κ2) is 8.18. The summed E-state index contributed by atoms with van der Waals surface area (Å²) in [7, 11) is 0. The maximum absolute atomic E-state index is 2.45. The standard InChI is InChI=1S/C30H46/c1-13-29(9,10)25-17-21(15-23(19-25)27(3,4)5)22-16-24(28(6,7)8)20-26(18-22)30(11,12)14-2/h15-20H,13-14H2,1-12H3. The third kappa shape index (κ3) is 5.37. The van der Waals surface area contributed by atoms with Crippen LogP contribution >= 0.6 is 0 Å². The van der Waals surface area contributed by atoms with Gasteiger partial charge in [0.2, 0.25) is 0 Å². The minimum Gasteiger partial charge on any atom is -0.0646 e. The van der Waals surface area contributed by atoms with Gasteiger partial charge in [-0.1, -0.05) is 119 Å². The summed E-state index contributed by atoms with van der Waals surface area (Å²) in [6.07, 6.45) is 2.27. The van der Waals surface area contributed by atoms with E-state index in [2.05, 4.69) is 119 Å². The number of hydrogen-bond donors (Lipinski definition) is 0. The van der Waals surface area contributed by atoms with E-state index in [1.54, 1.807) is 0 Å². The van der Waals surface area contributed by atoms with Crippen molar-refractivity contribution in [2.45, 2.75) is 118 Å². The highest BCUT2D eigenvalue weighted by Crippen LogP contribution is 2.39. The van der Waals surface area contributed by atoms with Crippen molar-refractivity contribution in [1.29, 1.82) is 0 Å². The van der Waals surface area contributed by atoms with Crippen LogP contribution in [-0.2, 0) is 21.7 Å². The molecule has 0 fully saturated rings. The molecule has 0 atom stereocenters. The molecule has 0 heteroatoms. The van der Waals surface area contributed by atoms with Gasteiger partial charge in [-0.05, 0) is 67.9 Å². The maximum atomic E-state index is 2.45. The number of hydrogen-bond acceptors (Lipinski definition) is 0. The molecule has 0 aliphatic carbocycles. The first-order valence-electron chi connectivity index (χ1n) is 11.8. The van der Waals surface area contributed by atoms with E-state index in [0.717, 1.165) is 12.8 Å². The summed E-state index contributed by atoms with van der Waals surface area (Å²) in [5.74, 6) is 0. The number of rotatable bonds is 5. The Morgan fingerprint density at radius 2 is 0.700 bits per heavy atom. The van der Waals surface area contributed by atoms with Gasteiger partial charge in [0.25, 0.3) is 0 Å². The van der Waals surface area contributed by atoms with Crippen LogP contribution in [0.1, 0.15) is 118 Å². The van der Waals surface area contributed by atoms with Crippen LogP contribution in [0.4, 0.5) is 0 Å². The fourth-order valence-corrected chi connectivity index (χ4v) is 3.64. The molecule has 2 aromatic carbocycles. The van der Waals surface area contributed by atoms with Gasteiger partial charge >= 0.3 is 0 Å². The Balaban J connectivity index is 2.85. The molecular weight excluding hydrogens is 360 g/mol. The Bertz CT molecular complexity index is 804. The zero-order valence-electron chi connectivity index (χ0n) is 21.9. The van der Waals surface area contributed by atoms with Gasteiger partial charge in [-0.25, -0.2) is 0 Å². The van der Waals surface area contributed by atoms with Crippen molar-refractivity contribution in [2.24, 2.45) is 0 Å². The average Bonchev–Trinajstić information content (AvgIpc) is 2.65. The van der Waals surface area contributed by atoms with Crippen LogP contribution in [0.3, 0.4) is 0 Å². The lowest BCUT2D eigenvalue weighted by Crippen LogP contribution is -2.20. The van der Waals surface area contributed by atoms with Gasteiger partial charge in [-0.3, -0.25) is 0 Å². The summed E-state index contributed by atoms with van der Waals surface area (Å²) in [5, 5.41) is 0. The van der Waals surface area contributed by atoms with Gasteiger partial charge in [-0.15, -0.1) is 0 Å². The lowest BCUT2D eigenvalue weighted by Gasteiger charge is -2.30. The highest BCUT2D eigenvalue weighted by Gasteiger charge is 2.26. The van der Waals surface area contributed by atoms with Crippen LogP contribution < -0.4 is 0 Å². The van der Waals surface area contributed by atoms with Crippen LogP contribution in [0.15, 0.2) is 36.4 Å². The molecule has 0 radical (unpaired) electrons. The molecule has 2 aromatic rings. The molecule has 0 saturated heterocycles. The summed E-state index contributed by atoms with van der Waals surface area (Å²) in [4.78, 5) is 0. The molecule has 166 valence electrons. The van der Waals surface area contributed by atoms with Crippen LogP contribution in [0.5, 0.6) is 0 Å². The van der Waals surface area contributed by atoms with Gasteiger partial charge in [0.1, 0.15) is 0 Å². The summed E-state index contributed by atoms with van der Waals surface area (Å²) >= 11 is 0. The second-order valence-electron chi connectivity index (χ2n) is 12.6. The van der Waals surface area contributed by atoms with Gasteiger partial charge in [0.15, 0.2) is 0 Å². The van der Waals surface area contributed by atoms with Crippen molar-refractivity contribution < 1.29 is 0 Å². The SMILES string of the molecule is CCC(C)(C)c1cc(-c2cc(C(C)(C)C)cc(C(C)(C)CC)c2)cc(C(C)(C)C)c1. The highest BCUT2D eigenvalue weighted by atomic mass is 14.3. The van der Waals surface area contributed by atoms with Crippen molar-refractivity contribution >= 4 is 0 Å². The zero-order chi connectivity index (χ0) is 23.1. The molecule has 0 saturated carbocycles. The summed E-state index contributed by atoms with van der Waals surface area (Å²) in [6.45, 7) is 28.0. The first-order chi connectivity index (χ1) is 13.5. The third-order valence-electron chi connectivity index (χ3n) is 7.26. The van der Waals surface area contributed by atoms with Gasteiger partial charge in [0, 0.05) is 0 Å². The quantitative estimate of drug-likeness (QED) is 0.464. The van der Waals surface area contributed by atoms with E-state index in [1.165, 1.54) is 33.4 Å². The van der Waals surface area contributed by atoms with E-state index in [9.17, 15) is 0 Å². The monoisotopic (exact) mass is 406 g/mol. The minimum atomic E-state index is 0.127. The Morgan fingerprint density at radius 3 is 0.933 bits per heavy atom. The van der Waals surface area contributed by atoms with Crippen molar-refractivity contribution in [2.75, 3.05) is 0 Å². The highest BCUT2D eigenvalue weighted by molar-refractivity contribution is 5.68. The molecular formula is C30H46. The minimum absolute atomic E-state index is 0.127. The first kappa shape index (κ1) is 24.7. The molecule has 0 aliphatic rings. The second-order valence-corrected chi connectivity index (χ2v) is 12.6. The predicted octanol–water partition coefficient (Wildman–Crippen LogP) is 9.32. The molecule has 0 N–H and O–H groups in total. The van der Waals surface area contributed by atoms with E-state index in [4.69, 9.17) is 0 Å². The molecule has 30 heavy (non-hydrogen) atoms. The van der Waals surface area contributed by atoms with Crippen molar-refractivity contribution in [3.63, 3.8) is 0 Å². The normalized spacial score (nSPS) is 13.6. The smallest absolute Gasteiger partial charge is 0.0106 e. The van der Waals surface area contributed by atoms with Crippen LogP contribution in [0, 0.1) is 0 Å². The Labute approximate surface area is 187 Å². The van der Waals surface area contributed by atoms with Crippen molar-refractivity contribution in [1.82, 2.24) is 0 Å². The first-order valence-corrected chi connectivity index (χ1v) is 11.8. The fraction of sp³-hybridized carbons (Fsp3) is 0.600. The lowest BCUT2D eigenvalue weighted by molar-refractivity contribution is 0.501. The molecule has 0 aliphatic heterocycles. The molecule has 2 rings (SSSR count). The third-order valence-corrected chi connectivity index (χ3v) is 7.26. The summed E-state index contributed by atoms with van der Waals surface area (Å²) in [6, 6.07) is 14.6. The average molecular weight is 407 g/mol. The predicted molar refractivity (Wildman–Crippen MR) is 136 cm³/mol. The maximum Gasteiger partial charge on any atom is -0.0106 e. The van der Waals surface area contributed by atoms with Gasteiger partial charge in [0.05, 0.1) is 0 Å². The van der Waals surface area contributed by atoms with E-state index in [0.29, 0.717) is 0 Å². The molecule has 0 amide bonds. The van der Waals surface area contributed by atoms with Gasteiger partial charge in [-0.2, -0.15) is 0 Å². The Kier molecular flexibility index (Phi) is 6.73. The van der Waals surface area contributed by atoms with E-state index < -0.39 is 0 Å². The van der Waals surface area contributed by atoms with E-state index in [-0.39, 0.29) is 21.7 Å². The summed E-state index contributed by atoms with van der Waals surface area (Å²) in [5.41, 5.74) is 9.06. The summed E-state index contributed by atoms with van der Waals surface area (Å²) < 4.78 is 0. The molecule has 0 aromatic heterocycles. The molecule has 0 heterocycles. The van der Waals surface area contributed by atoms with Crippen LogP contribution in [0.2, 0.25) is 0 Å². The van der Waals surface area contributed by atoms with E-state index >= 15 is 0 Å². The number of benzene rings is 2. The van der Waals surface area contributed by atoms with Crippen LogP contribution in [0.25, 0.3) is 11.1 Å². The van der Waals surface area contributed by atoms with Crippen molar-refractivity contribution in [3.8, 4) is 11.1 Å². The molecule has 0 nitrogen and oxygen atoms in total.